The van der Waals surface area contributed by atoms with E-state index in [-0.39, 0.29) is 40.8 Å². The minimum atomic E-state index is -3.10. The van der Waals surface area contributed by atoms with Crippen LogP contribution in [0.2, 0.25) is 0 Å². The normalized spacial score (nSPS) is 29.2. The molecule has 2 aliphatic rings. The molecule has 0 bridgehead atoms. The van der Waals surface area contributed by atoms with E-state index >= 15 is 0 Å². The predicted octanol–water partition coefficient (Wildman–Crippen LogP) is 0.654. The molecule has 1 aromatic rings. The molecule has 2 aliphatic heterocycles. The summed E-state index contributed by atoms with van der Waals surface area (Å²) in [5, 5.41) is 2.92. The predicted molar refractivity (Wildman–Crippen MR) is 91.2 cm³/mol. The van der Waals surface area contributed by atoms with Gasteiger partial charge < -0.3 is 5.32 Å². The second-order valence-electron chi connectivity index (χ2n) is 6.69. The zero-order valence-corrected chi connectivity index (χ0v) is 14.9. The summed E-state index contributed by atoms with van der Waals surface area (Å²) in [5.41, 5.74) is 0.490. The maximum atomic E-state index is 12.5. The van der Waals surface area contributed by atoms with E-state index in [0.29, 0.717) is 18.4 Å². The Kier molecular flexibility index (Phi) is 4.70. The zero-order chi connectivity index (χ0) is 17.4. The molecule has 8 heteroatoms. The van der Waals surface area contributed by atoms with Gasteiger partial charge in [-0.25, -0.2) is 16.8 Å². The van der Waals surface area contributed by atoms with Crippen molar-refractivity contribution in [2.24, 2.45) is 11.8 Å². The van der Waals surface area contributed by atoms with Crippen molar-refractivity contribution in [3.05, 3.63) is 35.9 Å². The summed E-state index contributed by atoms with van der Waals surface area (Å²) in [6.07, 6.45) is 0.942. The molecule has 2 saturated heterocycles. The first kappa shape index (κ1) is 17.4. The quantitative estimate of drug-likeness (QED) is 0.838. The molecule has 2 fully saturated rings. The lowest BCUT2D eigenvalue weighted by Crippen LogP contribution is -2.46. The van der Waals surface area contributed by atoms with Crippen molar-refractivity contribution in [3.63, 3.8) is 0 Å². The van der Waals surface area contributed by atoms with Crippen LogP contribution in [0.25, 0.3) is 0 Å². The first-order chi connectivity index (χ1) is 11.3. The van der Waals surface area contributed by atoms with Gasteiger partial charge in [0.25, 0.3) is 5.91 Å². The molecule has 132 valence electrons. The van der Waals surface area contributed by atoms with E-state index < -0.39 is 25.7 Å². The monoisotopic (exact) mass is 371 g/mol. The number of amides is 1. The molecule has 3 rings (SSSR count). The topological polar surface area (TPSA) is 97.4 Å². The third kappa shape index (κ3) is 3.97. The highest BCUT2D eigenvalue weighted by Gasteiger charge is 2.42. The van der Waals surface area contributed by atoms with Crippen LogP contribution in [0.1, 0.15) is 23.2 Å². The van der Waals surface area contributed by atoms with Gasteiger partial charge in [-0.15, -0.1) is 0 Å². The summed E-state index contributed by atoms with van der Waals surface area (Å²) in [6, 6.07) is 8.26. The van der Waals surface area contributed by atoms with Crippen LogP contribution in [0, 0.1) is 11.8 Å². The van der Waals surface area contributed by atoms with E-state index in [4.69, 9.17) is 0 Å². The largest absolute Gasteiger partial charge is 0.349 e. The summed E-state index contributed by atoms with van der Waals surface area (Å²) in [6.45, 7) is 0. The van der Waals surface area contributed by atoms with Crippen molar-refractivity contribution < 1.29 is 21.6 Å². The van der Waals surface area contributed by atoms with Crippen molar-refractivity contribution in [2.75, 3.05) is 23.0 Å². The summed E-state index contributed by atoms with van der Waals surface area (Å²) < 4.78 is 47.2. The number of nitrogens with one attached hydrogen (secondary N) is 1. The third-order valence-corrected chi connectivity index (χ3v) is 8.47. The van der Waals surface area contributed by atoms with Crippen LogP contribution < -0.4 is 5.32 Å². The van der Waals surface area contributed by atoms with Gasteiger partial charge in [-0.3, -0.25) is 4.79 Å². The highest BCUT2D eigenvalue weighted by molar-refractivity contribution is 7.91. The van der Waals surface area contributed by atoms with Crippen molar-refractivity contribution in [3.8, 4) is 0 Å². The van der Waals surface area contributed by atoms with E-state index in [1.807, 2.05) is 0 Å². The van der Waals surface area contributed by atoms with Gasteiger partial charge >= 0.3 is 0 Å². The van der Waals surface area contributed by atoms with E-state index in [1.54, 1.807) is 30.3 Å². The van der Waals surface area contributed by atoms with Gasteiger partial charge in [-0.2, -0.15) is 0 Å². The molecule has 0 saturated carbocycles. The number of sulfone groups is 2. The van der Waals surface area contributed by atoms with E-state index in [9.17, 15) is 21.6 Å². The molecule has 1 aromatic carbocycles. The van der Waals surface area contributed by atoms with Crippen LogP contribution in [-0.2, 0) is 19.7 Å². The molecule has 1 amide bonds. The molecule has 0 aromatic heterocycles. The molecular formula is C16H21NO5S2. The van der Waals surface area contributed by atoms with Crippen molar-refractivity contribution in [1.82, 2.24) is 5.32 Å². The number of hydrogen-bond acceptors (Lipinski definition) is 5. The lowest BCUT2D eigenvalue weighted by atomic mass is 9.87. The minimum Gasteiger partial charge on any atom is -0.349 e. The average Bonchev–Trinajstić information content (AvgIpc) is 3.07. The Morgan fingerprint density at radius 1 is 0.917 bits per heavy atom. The van der Waals surface area contributed by atoms with Gasteiger partial charge in [0.15, 0.2) is 19.7 Å². The second-order valence-corrected chi connectivity index (χ2v) is 11.1. The number of carbonyl (C=O) groups is 1. The minimum absolute atomic E-state index is 0.0171. The number of benzene rings is 1. The fourth-order valence-electron chi connectivity index (χ4n) is 3.66. The van der Waals surface area contributed by atoms with Crippen molar-refractivity contribution >= 4 is 25.6 Å². The van der Waals surface area contributed by atoms with Gasteiger partial charge in [0.05, 0.1) is 23.0 Å². The molecule has 0 spiro atoms. The summed E-state index contributed by atoms with van der Waals surface area (Å²) >= 11 is 0. The van der Waals surface area contributed by atoms with Gasteiger partial charge in [0, 0.05) is 11.6 Å². The standard InChI is InChI=1S/C16H21NO5S2/c18-16(12-4-2-1-3-5-12)17-15(13-6-8-23(19,20)10-13)14-7-9-24(21,22)11-14/h1-5,13-15H,6-11H2,(H,17,18). The number of carbonyl (C=O) groups excluding carboxylic acids is 1. The lowest BCUT2D eigenvalue weighted by molar-refractivity contribution is 0.0906. The van der Waals surface area contributed by atoms with Crippen LogP contribution in [0.4, 0.5) is 0 Å². The Balaban J connectivity index is 1.81. The van der Waals surface area contributed by atoms with Gasteiger partial charge in [-0.05, 0) is 36.8 Å². The Hall–Kier alpha value is -1.41. The van der Waals surface area contributed by atoms with Crippen LogP contribution in [-0.4, -0.2) is 51.8 Å². The molecule has 2 heterocycles. The Bertz CT molecular complexity index is 773. The molecule has 24 heavy (non-hydrogen) atoms. The summed E-state index contributed by atoms with van der Waals surface area (Å²) in [7, 11) is -6.20. The molecular weight excluding hydrogens is 350 g/mol. The van der Waals surface area contributed by atoms with Crippen molar-refractivity contribution in [2.45, 2.75) is 18.9 Å². The van der Waals surface area contributed by atoms with E-state index in [0.717, 1.165) is 0 Å². The maximum absolute atomic E-state index is 12.5. The molecule has 0 radical (unpaired) electrons. The smallest absolute Gasteiger partial charge is 0.251 e. The Labute approximate surface area is 142 Å². The Morgan fingerprint density at radius 3 is 1.83 bits per heavy atom. The average molecular weight is 371 g/mol. The molecule has 1 N–H and O–H groups in total. The molecule has 2 unspecified atom stereocenters. The van der Waals surface area contributed by atoms with Crippen LogP contribution in [0.5, 0.6) is 0 Å². The van der Waals surface area contributed by atoms with Gasteiger partial charge in [0.2, 0.25) is 0 Å². The van der Waals surface area contributed by atoms with Crippen LogP contribution in [0.3, 0.4) is 0 Å². The van der Waals surface area contributed by atoms with Crippen LogP contribution in [0.15, 0.2) is 30.3 Å². The van der Waals surface area contributed by atoms with Crippen LogP contribution >= 0.6 is 0 Å². The second kappa shape index (κ2) is 6.48. The van der Waals surface area contributed by atoms with Gasteiger partial charge in [0.1, 0.15) is 0 Å². The highest BCUT2D eigenvalue weighted by Crippen LogP contribution is 2.31. The molecule has 6 nitrogen and oxygen atoms in total. The number of rotatable bonds is 4. The molecule has 0 aliphatic carbocycles. The van der Waals surface area contributed by atoms with E-state index in [2.05, 4.69) is 5.32 Å². The maximum Gasteiger partial charge on any atom is 0.251 e. The molecule has 2 atom stereocenters. The van der Waals surface area contributed by atoms with E-state index in [1.165, 1.54) is 0 Å². The Morgan fingerprint density at radius 2 is 1.42 bits per heavy atom. The number of hydrogen-bond donors (Lipinski definition) is 1. The lowest BCUT2D eigenvalue weighted by Gasteiger charge is -2.29. The third-order valence-electron chi connectivity index (χ3n) is 4.88. The van der Waals surface area contributed by atoms with Gasteiger partial charge in [-0.1, -0.05) is 18.2 Å². The highest BCUT2D eigenvalue weighted by atomic mass is 32.2. The first-order valence-electron chi connectivity index (χ1n) is 8.02. The zero-order valence-electron chi connectivity index (χ0n) is 13.2. The fourth-order valence-corrected chi connectivity index (χ4v) is 7.37. The summed E-state index contributed by atoms with van der Waals surface area (Å²) in [4.78, 5) is 12.5. The van der Waals surface area contributed by atoms with Crippen molar-refractivity contribution in [1.29, 1.82) is 0 Å². The summed E-state index contributed by atoms with van der Waals surface area (Å²) in [5.74, 6) is -0.480. The SMILES string of the molecule is O=C(NC(C1CCS(=O)(=O)C1)C1CCS(=O)(=O)C1)c1ccccc1. The first-order valence-corrected chi connectivity index (χ1v) is 11.7. The fraction of sp³-hybridized carbons (Fsp3) is 0.562.